The molecule has 0 aliphatic carbocycles. The lowest BCUT2D eigenvalue weighted by atomic mass is 10.2. The van der Waals surface area contributed by atoms with Crippen LogP contribution < -0.4 is 16.4 Å². The normalized spacial score (nSPS) is 9.85. The molecule has 1 aromatic rings. The fourth-order valence-electron chi connectivity index (χ4n) is 1.47. The number of aryl methyl sites for hydroxylation is 1. The molecule has 6 heteroatoms. The van der Waals surface area contributed by atoms with Gasteiger partial charge in [0.1, 0.15) is 0 Å². The van der Waals surface area contributed by atoms with Crippen molar-refractivity contribution >= 4 is 23.2 Å². The quantitative estimate of drug-likeness (QED) is 0.712. The van der Waals surface area contributed by atoms with Crippen LogP contribution in [0.15, 0.2) is 6.07 Å². The van der Waals surface area contributed by atoms with E-state index in [1.54, 1.807) is 6.07 Å². The van der Waals surface area contributed by atoms with E-state index >= 15 is 0 Å². The first kappa shape index (κ1) is 16.2. The van der Waals surface area contributed by atoms with Crippen LogP contribution in [0.5, 0.6) is 0 Å². The molecular weight excluding hydrogens is 274 g/mol. The van der Waals surface area contributed by atoms with Crippen molar-refractivity contribution in [1.82, 2.24) is 10.6 Å². The van der Waals surface area contributed by atoms with Crippen molar-refractivity contribution in [2.45, 2.75) is 26.8 Å². The number of carbonyl (C=O) groups excluding carboxylic acids is 2. The predicted molar refractivity (Wildman–Crippen MR) is 80.6 cm³/mol. The Morgan fingerprint density at radius 3 is 2.75 bits per heavy atom. The number of nitrogens with two attached hydrogens (primary N) is 1. The summed E-state index contributed by atoms with van der Waals surface area (Å²) in [5, 5.41) is 5.29. The first-order valence-corrected chi connectivity index (χ1v) is 7.12. The van der Waals surface area contributed by atoms with E-state index in [-0.39, 0.29) is 30.9 Å². The zero-order valence-corrected chi connectivity index (χ0v) is 12.7. The summed E-state index contributed by atoms with van der Waals surface area (Å²) in [4.78, 5) is 24.7. The van der Waals surface area contributed by atoms with Crippen LogP contribution in [-0.4, -0.2) is 30.9 Å². The van der Waals surface area contributed by atoms with E-state index in [2.05, 4.69) is 22.5 Å². The highest BCUT2D eigenvalue weighted by atomic mass is 32.1. The summed E-state index contributed by atoms with van der Waals surface area (Å²) in [5.41, 5.74) is 6.26. The Kier molecular flexibility index (Phi) is 6.22. The lowest BCUT2D eigenvalue weighted by Gasteiger charge is -2.08. The maximum Gasteiger partial charge on any atom is 0.261 e. The van der Waals surface area contributed by atoms with Gasteiger partial charge in [0.2, 0.25) is 5.91 Å². The van der Waals surface area contributed by atoms with Crippen LogP contribution in [0.2, 0.25) is 0 Å². The average Bonchev–Trinajstić information content (AvgIpc) is 2.74. The number of hydrogen-bond acceptors (Lipinski definition) is 4. The SMILES string of the molecule is Cc1cc(C(=O)NCC(=O)NC(C)C)sc1C#CCN. The number of thiophene rings is 1. The molecule has 0 fully saturated rings. The zero-order chi connectivity index (χ0) is 15.1. The molecule has 4 N–H and O–H groups in total. The van der Waals surface area contributed by atoms with Crippen molar-refractivity contribution in [3.63, 3.8) is 0 Å². The molecule has 0 bridgehead atoms. The van der Waals surface area contributed by atoms with E-state index in [4.69, 9.17) is 5.73 Å². The maximum atomic E-state index is 11.9. The minimum atomic E-state index is -0.266. The lowest BCUT2D eigenvalue weighted by molar-refractivity contribution is -0.120. The van der Waals surface area contributed by atoms with Crippen LogP contribution in [0.1, 0.15) is 34.0 Å². The highest BCUT2D eigenvalue weighted by Crippen LogP contribution is 2.20. The second kappa shape index (κ2) is 7.68. The Morgan fingerprint density at radius 1 is 1.45 bits per heavy atom. The third kappa shape index (κ3) is 5.03. The third-order valence-corrected chi connectivity index (χ3v) is 3.46. The summed E-state index contributed by atoms with van der Waals surface area (Å²) in [6.07, 6.45) is 0. The standard InChI is InChI=1S/C14H19N3O2S/c1-9(2)17-13(18)8-16-14(19)12-7-10(3)11(20-12)5-4-6-15/h7,9H,6,8,15H2,1-3H3,(H,16,19)(H,17,18). The Hall–Kier alpha value is -1.84. The molecule has 0 spiro atoms. The van der Waals surface area contributed by atoms with Crippen LogP contribution in [0.25, 0.3) is 0 Å². The highest BCUT2D eigenvalue weighted by molar-refractivity contribution is 7.14. The molecule has 0 atom stereocenters. The van der Waals surface area contributed by atoms with Gasteiger partial charge in [0.05, 0.1) is 22.8 Å². The summed E-state index contributed by atoms with van der Waals surface area (Å²) in [6, 6.07) is 1.82. The highest BCUT2D eigenvalue weighted by Gasteiger charge is 2.12. The third-order valence-electron chi connectivity index (χ3n) is 2.30. The molecule has 0 saturated carbocycles. The van der Waals surface area contributed by atoms with Gasteiger partial charge in [0.25, 0.3) is 5.91 Å². The molecule has 5 nitrogen and oxygen atoms in total. The second-order valence-corrected chi connectivity index (χ2v) is 5.59. The van der Waals surface area contributed by atoms with Gasteiger partial charge in [0, 0.05) is 6.04 Å². The maximum absolute atomic E-state index is 11.9. The Labute approximate surface area is 122 Å². The summed E-state index contributed by atoms with van der Waals surface area (Å²) < 4.78 is 0. The Morgan fingerprint density at radius 2 is 2.15 bits per heavy atom. The summed E-state index contributed by atoms with van der Waals surface area (Å²) in [7, 11) is 0. The topological polar surface area (TPSA) is 84.2 Å². The van der Waals surface area contributed by atoms with Crippen molar-refractivity contribution < 1.29 is 9.59 Å². The van der Waals surface area contributed by atoms with E-state index < -0.39 is 0 Å². The first-order chi connectivity index (χ1) is 9.43. The molecule has 0 aliphatic rings. The lowest BCUT2D eigenvalue weighted by Crippen LogP contribution is -2.39. The van der Waals surface area contributed by atoms with Gasteiger partial charge in [-0.05, 0) is 32.4 Å². The van der Waals surface area contributed by atoms with Gasteiger partial charge in [-0.3, -0.25) is 9.59 Å². The van der Waals surface area contributed by atoms with Crippen LogP contribution >= 0.6 is 11.3 Å². The van der Waals surface area contributed by atoms with Crippen molar-refractivity contribution in [1.29, 1.82) is 0 Å². The largest absolute Gasteiger partial charge is 0.352 e. The fraction of sp³-hybridized carbons (Fsp3) is 0.429. The molecule has 0 aliphatic heterocycles. The van der Waals surface area contributed by atoms with E-state index in [1.165, 1.54) is 11.3 Å². The van der Waals surface area contributed by atoms with Crippen molar-refractivity contribution in [2.24, 2.45) is 5.73 Å². The van der Waals surface area contributed by atoms with Crippen LogP contribution in [0.4, 0.5) is 0 Å². The van der Waals surface area contributed by atoms with E-state index in [0.717, 1.165) is 10.4 Å². The second-order valence-electron chi connectivity index (χ2n) is 4.53. The zero-order valence-electron chi connectivity index (χ0n) is 11.9. The molecule has 0 radical (unpaired) electrons. The number of hydrogen-bond donors (Lipinski definition) is 3. The van der Waals surface area contributed by atoms with Crippen LogP contribution in [0.3, 0.4) is 0 Å². The monoisotopic (exact) mass is 293 g/mol. The van der Waals surface area contributed by atoms with Gasteiger partial charge < -0.3 is 16.4 Å². The average molecular weight is 293 g/mol. The molecule has 108 valence electrons. The molecule has 2 amide bonds. The van der Waals surface area contributed by atoms with Crippen molar-refractivity contribution in [2.75, 3.05) is 13.1 Å². The number of rotatable bonds is 4. The molecule has 1 aromatic heterocycles. The van der Waals surface area contributed by atoms with Gasteiger partial charge in [-0.1, -0.05) is 11.8 Å². The van der Waals surface area contributed by atoms with Crippen LogP contribution in [0, 0.1) is 18.8 Å². The van der Waals surface area contributed by atoms with Gasteiger partial charge in [-0.15, -0.1) is 11.3 Å². The number of carbonyl (C=O) groups is 2. The minimum Gasteiger partial charge on any atom is -0.352 e. The summed E-state index contributed by atoms with van der Waals surface area (Å²) in [5.74, 6) is 5.22. The Bertz CT molecular complexity index is 553. The smallest absolute Gasteiger partial charge is 0.261 e. The van der Waals surface area contributed by atoms with E-state index in [0.29, 0.717) is 4.88 Å². The molecule has 0 unspecified atom stereocenters. The predicted octanol–water partition coefficient (Wildman–Crippen LogP) is 0.621. The van der Waals surface area contributed by atoms with Crippen LogP contribution in [-0.2, 0) is 4.79 Å². The molecule has 0 aromatic carbocycles. The molecule has 1 rings (SSSR count). The van der Waals surface area contributed by atoms with E-state index in [9.17, 15) is 9.59 Å². The van der Waals surface area contributed by atoms with Gasteiger partial charge in [0.15, 0.2) is 0 Å². The van der Waals surface area contributed by atoms with Gasteiger partial charge in [-0.25, -0.2) is 0 Å². The summed E-state index contributed by atoms with van der Waals surface area (Å²) >= 11 is 1.30. The molecule has 1 heterocycles. The van der Waals surface area contributed by atoms with Gasteiger partial charge >= 0.3 is 0 Å². The van der Waals surface area contributed by atoms with Crippen molar-refractivity contribution in [3.05, 3.63) is 21.4 Å². The molecule has 0 saturated heterocycles. The Balaban J connectivity index is 2.62. The molecular formula is C14H19N3O2S. The first-order valence-electron chi connectivity index (χ1n) is 6.31. The molecule has 20 heavy (non-hydrogen) atoms. The minimum absolute atomic E-state index is 0.0300. The number of nitrogens with one attached hydrogen (secondary N) is 2. The number of amides is 2. The fourth-order valence-corrected chi connectivity index (χ4v) is 2.43. The van der Waals surface area contributed by atoms with Gasteiger partial charge in [-0.2, -0.15) is 0 Å². The summed E-state index contributed by atoms with van der Waals surface area (Å²) in [6.45, 7) is 5.88. The van der Waals surface area contributed by atoms with Crippen molar-refractivity contribution in [3.8, 4) is 11.8 Å². The van der Waals surface area contributed by atoms with E-state index in [1.807, 2.05) is 20.8 Å².